The molecule has 310 valence electrons. The van der Waals surface area contributed by atoms with Crippen molar-refractivity contribution < 1.29 is 9.88 Å². The number of para-hydroxylation sites is 2. The Bertz CT molecular complexity index is 2530. The largest absolute Gasteiger partial charge is 0.385 e. The molecule has 0 saturated heterocycles. The molecule has 0 bridgehead atoms. The van der Waals surface area contributed by atoms with Crippen molar-refractivity contribution in [2.24, 2.45) is 4.99 Å². The van der Waals surface area contributed by atoms with Gasteiger partial charge in [0, 0.05) is 105 Å². The number of allylic oxidation sites excluding steroid dienone is 3. The highest BCUT2D eigenvalue weighted by molar-refractivity contribution is 6.00. The van der Waals surface area contributed by atoms with Gasteiger partial charge in [-0.3, -0.25) is 5.32 Å². The van der Waals surface area contributed by atoms with E-state index >= 15 is 0 Å². The minimum absolute atomic E-state index is 0.823. The lowest BCUT2D eigenvalue weighted by Gasteiger charge is -2.19. The molecule has 0 aliphatic heterocycles. The van der Waals surface area contributed by atoms with Crippen LogP contribution in [0.2, 0.25) is 0 Å². The van der Waals surface area contributed by atoms with Crippen LogP contribution in [0.5, 0.6) is 0 Å². The Kier molecular flexibility index (Phi) is 13.6. The second-order valence-electron chi connectivity index (χ2n) is 16.7. The Morgan fingerprint density at radius 3 is 2.00 bits per heavy atom. The van der Waals surface area contributed by atoms with Gasteiger partial charge in [-0.25, -0.2) is 9.98 Å². The molecule has 0 amide bonds. The van der Waals surface area contributed by atoms with E-state index in [0.717, 1.165) is 65.1 Å². The maximum atomic E-state index is 5.19. The fourth-order valence-electron chi connectivity index (χ4n) is 8.55. The molecule has 1 aliphatic rings. The summed E-state index contributed by atoms with van der Waals surface area (Å²) in [6.07, 6.45) is 12.7. The topological polar surface area (TPSA) is 76.3 Å². The molecule has 0 atom stereocenters. The smallest absolute Gasteiger partial charge is 0.242 e. The zero-order valence-electron chi connectivity index (χ0n) is 37.1. The molecule has 8 nitrogen and oxygen atoms in total. The predicted octanol–water partition coefficient (Wildman–Crippen LogP) is 10.6. The van der Waals surface area contributed by atoms with Gasteiger partial charge in [-0.05, 0) is 100 Å². The minimum Gasteiger partial charge on any atom is -0.385 e. The molecule has 1 aliphatic carbocycles. The number of anilines is 3. The standard InChI is InChI=1S/C52H62N8/c1-36-33-41(55-44-27-29-48(58(5)6)38(3)51(44)56-40-21-15-13-16-22-40)25-26-43(36)53-31-19-11-9-10-12-20-32-54-46-35-50-47(34-37(46)2)57-45-28-30-49(59(7)8)39(4)52(45)60(50)42-23-17-14-18-24-42/h13-18,21-24,26-30,33-35,53,56H,9-12,19-20,25,31-32H2,1-8H3/p+2. The van der Waals surface area contributed by atoms with Gasteiger partial charge < -0.3 is 20.4 Å². The number of unbranched alkanes of at least 4 members (excludes halogenated alkanes) is 5. The Labute approximate surface area is 357 Å². The lowest BCUT2D eigenvalue weighted by molar-refractivity contribution is -0.538. The number of aromatic nitrogens is 2. The van der Waals surface area contributed by atoms with Crippen LogP contribution in [-0.2, 0) is 0 Å². The molecule has 0 saturated carbocycles. The number of nitrogens with two attached hydrogens (primary N) is 1. The molecular formula is C52H64N8+2. The van der Waals surface area contributed by atoms with Gasteiger partial charge in [0.05, 0.1) is 0 Å². The Hall–Kier alpha value is -5.99. The van der Waals surface area contributed by atoms with Crippen molar-refractivity contribution in [2.75, 3.05) is 56.4 Å². The highest BCUT2D eigenvalue weighted by atomic mass is 15.1. The van der Waals surface area contributed by atoms with Crippen molar-refractivity contribution in [2.45, 2.75) is 72.6 Å². The van der Waals surface area contributed by atoms with Crippen LogP contribution in [-0.4, -0.2) is 52.0 Å². The zero-order valence-corrected chi connectivity index (χ0v) is 37.1. The van der Waals surface area contributed by atoms with Crippen molar-refractivity contribution in [1.82, 2.24) is 10.3 Å². The van der Waals surface area contributed by atoms with Gasteiger partial charge in [-0.2, -0.15) is 0 Å². The zero-order chi connectivity index (χ0) is 42.2. The molecule has 60 heavy (non-hydrogen) atoms. The first-order valence-electron chi connectivity index (χ1n) is 21.8. The average Bonchev–Trinajstić information content (AvgIpc) is 3.23. The molecule has 0 radical (unpaired) electrons. The van der Waals surface area contributed by atoms with E-state index in [1.54, 1.807) is 0 Å². The van der Waals surface area contributed by atoms with Crippen LogP contribution < -0.4 is 30.3 Å². The van der Waals surface area contributed by atoms with Crippen molar-refractivity contribution in [3.05, 3.63) is 137 Å². The number of quaternary nitrogens is 1. The molecule has 0 spiro atoms. The van der Waals surface area contributed by atoms with E-state index in [4.69, 9.17) is 9.98 Å². The van der Waals surface area contributed by atoms with E-state index in [9.17, 15) is 0 Å². The minimum atomic E-state index is 0.823. The van der Waals surface area contributed by atoms with E-state index in [-0.39, 0.29) is 0 Å². The number of rotatable bonds is 17. The third-order valence-electron chi connectivity index (χ3n) is 11.8. The average molecular weight is 801 g/mol. The molecule has 0 unspecified atom stereocenters. The monoisotopic (exact) mass is 801 g/mol. The molecule has 1 heterocycles. The van der Waals surface area contributed by atoms with Crippen LogP contribution in [0.3, 0.4) is 0 Å². The number of aryl methyl sites for hydroxylation is 2. The van der Waals surface area contributed by atoms with Crippen LogP contribution >= 0.6 is 0 Å². The van der Waals surface area contributed by atoms with E-state index in [0.29, 0.717) is 0 Å². The van der Waals surface area contributed by atoms with Gasteiger partial charge in [0.25, 0.3) is 0 Å². The van der Waals surface area contributed by atoms with Gasteiger partial charge in [-0.1, -0.05) is 68.2 Å². The van der Waals surface area contributed by atoms with Crippen molar-refractivity contribution in [1.29, 1.82) is 0 Å². The third-order valence-corrected chi connectivity index (χ3v) is 11.8. The number of aliphatic imine (C=N–C) groups is 1. The van der Waals surface area contributed by atoms with E-state index in [1.165, 1.54) is 88.5 Å². The predicted molar refractivity (Wildman–Crippen MR) is 256 cm³/mol. The van der Waals surface area contributed by atoms with Crippen LogP contribution in [0.25, 0.3) is 27.8 Å². The summed E-state index contributed by atoms with van der Waals surface area (Å²) < 4.78 is 2.39. The van der Waals surface area contributed by atoms with Gasteiger partial charge in [0.2, 0.25) is 16.7 Å². The second-order valence-corrected chi connectivity index (χ2v) is 16.7. The van der Waals surface area contributed by atoms with Gasteiger partial charge in [0.15, 0.2) is 5.69 Å². The molecule has 7 rings (SSSR count). The summed E-state index contributed by atoms with van der Waals surface area (Å²) in [7, 11) is 8.41. The van der Waals surface area contributed by atoms with Gasteiger partial charge in [0.1, 0.15) is 22.4 Å². The second kappa shape index (κ2) is 19.4. The summed E-state index contributed by atoms with van der Waals surface area (Å²) in [5.41, 5.74) is 19.7. The van der Waals surface area contributed by atoms with Crippen molar-refractivity contribution in [3.8, 4) is 5.69 Å². The number of hydrogen-bond acceptors (Lipinski definition) is 6. The van der Waals surface area contributed by atoms with Crippen molar-refractivity contribution in [3.63, 3.8) is 0 Å². The maximum Gasteiger partial charge on any atom is 0.242 e. The number of fused-ring (bicyclic) bond motifs is 2. The third kappa shape index (κ3) is 9.72. The first kappa shape index (κ1) is 42.1. The number of nitrogens with zero attached hydrogens (tertiary/aromatic N) is 5. The Balaban J connectivity index is 0.885. The summed E-state index contributed by atoms with van der Waals surface area (Å²) in [5.74, 6) is 0. The van der Waals surface area contributed by atoms with Crippen LogP contribution in [0.1, 0.15) is 68.6 Å². The lowest BCUT2D eigenvalue weighted by atomic mass is 10.0. The molecule has 8 heteroatoms. The normalized spacial score (nSPS) is 13.4. The molecule has 5 aromatic carbocycles. The van der Waals surface area contributed by atoms with Crippen molar-refractivity contribution >= 4 is 61.9 Å². The van der Waals surface area contributed by atoms with E-state index in [2.05, 4.69) is 195 Å². The molecule has 4 N–H and O–H groups in total. The summed E-state index contributed by atoms with van der Waals surface area (Å²) in [6, 6.07) is 34.4. The summed E-state index contributed by atoms with van der Waals surface area (Å²) in [6.45, 7) is 10.8. The first-order valence-corrected chi connectivity index (χ1v) is 21.8. The van der Waals surface area contributed by atoms with Crippen LogP contribution in [0, 0.1) is 20.8 Å². The number of nitrogens with one attached hydrogen (secondary N) is 2. The Morgan fingerprint density at radius 2 is 1.32 bits per heavy atom. The Morgan fingerprint density at radius 1 is 0.683 bits per heavy atom. The van der Waals surface area contributed by atoms with Gasteiger partial charge >= 0.3 is 0 Å². The fraction of sp³-hybridized carbons (Fsp3) is 0.327. The highest BCUT2D eigenvalue weighted by Crippen LogP contribution is 2.34. The molecular weight excluding hydrogens is 737 g/mol. The number of hydrogen-bond donors (Lipinski definition) is 3. The number of benzene rings is 5. The van der Waals surface area contributed by atoms with Crippen LogP contribution in [0.15, 0.2) is 125 Å². The van der Waals surface area contributed by atoms with Crippen LogP contribution in [0.4, 0.5) is 34.1 Å². The summed E-state index contributed by atoms with van der Waals surface area (Å²) in [5, 5.41) is 9.76. The molecule has 6 aromatic rings. The van der Waals surface area contributed by atoms with E-state index in [1.807, 2.05) is 0 Å². The molecule has 0 fully saturated rings. The highest BCUT2D eigenvalue weighted by Gasteiger charge is 2.24. The fourth-order valence-corrected chi connectivity index (χ4v) is 8.55. The maximum absolute atomic E-state index is 5.19. The van der Waals surface area contributed by atoms with E-state index < -0.39 is 0 Å². The summed E-state index contributed by atoms with van der Waals surface area (Å²) >= 11 is 0. The first-order chi connectivity index (χ1) is 29.1. The quantitative estimate of drug-likeness (QED) is 0.0371. The molecule has 1 aromatic heterocycles. The summed E-state index contributed by atoms with van der Waals surface area (Å²) in [4.78, 5) is 14.7. The van der Waals surface area contributed by atoms with Gasteiger partial charge in [-0.15, -0.1) is 4.57 Å². The SMILES string of the molecule is CC1=CC(=Nc2ccc(N(C)C)c(C)c2[NH2+]c2ccccc2)CC=C1NCCCCCCCCNc1cc2c(cc1C)nc1ccc(N(C)C)c(C)c1[n+]2-c1ccccc1. The lowest BCUT2D eigenvalue weighted by Crippen LogP contribution is -2.71.